The zero-order valence-electron chi connectivity index (χ0n) is 53.5. The summed E-state index contributed by atoms with van der Waals surface area (Å²) in [5, 5.41) is 54.5. The van der Waals surface area contributed by atoms with Crippen LogP contribution in [0.5, 0.6) is 0 Å². The second-order valence-corrected chi connectivity index (χ2v) is 24.6. The molecule has 1 amide bonds. The minimum absolute atomic E-state index is 0.0103. The minimum atomic E-state index is -1.58. The van der Waals surface area contributed by atoms with Crippen molar-refractivity contribution in [1.82, 2.24) is 5.32 Å². The van der Waals surface area contributed by atoms with E-state index in [2.05, 4.69) is 43.5 Å². The van der Waals surface area contributed by atoms with Gasteiger partial charge in [0, 0.05) is 12.8 Å². The van der Waals surface area contributed by atoms with Gasteiger partial charge in [-0.3, -0.25) is 9.59 Å². The molecule has 1 fully saturated rings. The van der Waals surface area contributed by atoms with E-state index in [1.807, 2.05) is 6.08 Å². The number of amides is 1. The molecule has 82 heavy (non-hydrogen) atoms. The number of hydrogen-bond donors (Lipinski definition) is 6. The van der Waals surface area contributed by atoms with Gasteiger partial charge in [-0.1, -0.05) is 307 Å². The van der Waals surface area contributed by atoms with E-state index >= 15 is 0 Å². The molecular weight excluding hydrogens is 1030 g/mol. The highest BCUT2D eigenvalue weighted by molar-refractivity contribution is 5.76. The smallest absolute Gasteiger partial charge is 0.305 e. The Labute approximate surface area is 504 Å². The molecular formula is C71H133NO10. The van der Waals surface area contributed by atoms with Crippen LogP contribution in [0.15, 0.2) is 36.5 Å². The lowest BCUT2D eigenvalue weighted by Gasteiger charge is -2.40. The van der Waals surface area contributed by atoms with E-state index in [-0.39, 0.29) is 18.5 Å². The monoisotopic (exact) mass is 1160 g/mol. The van der Waals surface area contributed by atoms with Crippen molar-refractivity contribution >= 4 is 11.9 Å². The lowest BCUT2D eigenvalue weighted by molar-refractivity contribution is -0.302. The van der Waals surface area contributed by atoms with Crippen LogP contribution in [0.2, 0.25) is 0 Å². The highest BCUT2D eigenvalue weighted by atomic mass is 16.7. The fraction of sp³-hybridized carbons (Fsp3) is 0.887. The molecule has 1 rings (SSSR count). The second-order valence-electron chi connectivity index (χ2n) is 24.6. The van der Waals surface area contributed by atoms with Crippen LogP contribution in [0, 0.1) is 0 Å². The summed E-state index contributed by atoms with van der Waals surface area (Å²) in [6.45, 7) is 4.33. The Bertz CT molecular complexity index is 1460. The number of aliphatic hydroxyl groups is 5. The van der Waals surface area contributed by atoms with Gasteiger partial charge in [0.1, 0.15) is 24.4 Å². The van der Waals surface area contributed by atoms with Crippen molar-refractivity contribution in [2.24, 2.45) is 0 Å². The molecule has 7 unspecified atom stereocenters. The Morgan fingerprint density at radius 3 is 1.21 bits per heavy atom. The third-order valence-electron chi connectivity index (χ3n) is 16.7. The summed E-state index contributed by atoms with van der Waals surface area (Å²) in [6, 6.07) is -0.832. The molecule has 0 spiro atoms. The second kappa shape index (κ2) is 60.6. The molecule has 1 aliphatic rings. The molecule has 0 radical (unpaired) electrons. The summed E-state index contributed by atoms with van der Waals surface area (Å²) < 4.78 is 16.7. The van der Waals surface area contributed by atoms with Crippen molar-refractivity contribution in [1.29, 1.82) is 0 Å². The van der Waals surface area contributed by atoms with E-state index in [1.54, 1.807) is 6.08 Å². The Kier molecular flexibility index (Phi) is 57.5. The first-order valence-corrected chi connectivity index (χ1v) is 35.3. The van der Waals surface area contributed by atoms with Crippen molar-refractivity contribution in [2.75, 3.05) is 19.8 Å². The van der Waals surface area contributed by atoms with Crippen LogP contribution in [-0.4, -0.2) is 100 Å². The number of allylic oxidation sites excluding steroid dienone is 5. The SMILES string of the molecule is CCCCCC/C=C/CC/C=C/CC/C=C/C(O)C(COC1OC(CO)C(O)C(O)C1O)NC(=O)CCCCCCCCCCCCCCCCCCCCCCCCCCCCCCCOC(=O)CCCCCCCCCCCCC. The summed E-state index contributed by atoms with van der Waals surface area (Å²) in [7, 11) is 0. The number of carbonyl (C=O) groups is 2. The summed E-state index contributed by atoms with van der Waals surface area (Å²) in [4.78, 5) is 25.1. The number of hydrogen-bond acceptors (Lipinski definition) is 10. The van der Waals surface area contributed by atoms with Crippen LogP contribution in [0.25, 0.3) is 0 Å². The predicted molar refractivity (Wildman–Crippen MR) is 343 cm³/mol. The van der Waals surface area contributed by atoms with Crippen LogP contribution in [0.1, 0.15) is 341 Å². The zero-order valence-corrected chi connectivity index (χ0v) is 53.5. The van der Waals surface area contributed by atoms with Gasteiger partial charge in [0.05, 0.1) is 32.0 Å². The Balaban J connectivity index is 1.98. The molecule has 11 heteroatoms. The molecule has 6 N–H and O–H groups in total. The number of nitrogens with one attached hydrogen (secondary N) is 1. The van der Waals surface area contributed by atoms with Gasteiger partial charge < -0.3 is 45.1 Å². The molecule has 1 aliphatic heterocycles. The average molecular weight is 1160 g/mol. The number of aliphatic hydroxyl groups excluding tert-OH is 5. The zero-order chi connectivity index (χ0) is 59.5. The standard InChI is InChI=1S/C71H133NO10/c1-3-5-7-9-11-13-15-16-34-38-41-45-49-53-57-64(74)63(62-81-71-70(79)69(78)68(77)65(61-73)82-71)72-66(75)58-54-50-46-42-39-35-32-30-28-26-24-22-20-18-17-19-21-23-25-27-29-31-33-36-40-44-48-52-56-60-80-67(76)59-55-51-47-43-37-14-12-10-8-6-4-2/h13,15,38,41,53,57,63-65,68-71,73-74,77-79H,3-12,14,16-37,39-40,42-52,54-56,58-62H2,1-2H3,(H,72,75)/b15-13+,41-38+,57-53+. The average Bonchev–Trinajstić information content (AvgIpc) is 3.68. The van der Waals surface area contributed by atoms with Gasteiger partial charge in [0.15, 0.2) is 6.29 Å². The van der Waals surface area contributed by atoms with Crippen molar-refractivity contribution in [3.63, 3.8) is 0 Å². The van der Waals surface area contributed by atoms with E-state index in [9.17, 15) is 35.1 Å². The van der Waals surface area contributed by atoms with E-state index < -0.39 is 49.5 Å². The highest BCUT2D eigenvalue weighted by Crippen LogP contribution is 2.23. The third kappa shape index (κ3) is 49.0. The van der Waals surface area contributed by atoms with Crippen LogP contribution in [0.4, 0.5) is 0 Å². The van der Waals surface area contributed by atoms with Gasteiger partial charge in [0.2, 0.25) is 5.91 Å². The normalized spacial score (nSPS) is 18.4. The van der Waals surface area contributed by atoms with Gasteiger partial charge in [-0.2, -0.15) is 0 Å². The van der Waals surface area contributed by atoms with Gasteiger partial charge in [-0.25, -0.2) is 0 Å². The Morgan fingerprint density at radius 2 is 0.793 bits per heavy atom. The first-order valence-electron chi connectivity index (χ1n) is 35.3. The molecule has 0 aromatic carbocycles. The van der Waals surface area contributed by atoms with E-state index in [0.29, 0.717) is 19.4 Å². The van der Waals surface area contributed by atoms with Gasteiger partial charge in [-0.15, -0.1) is 0 Å². The number of ether oxygens (including phenoxy) is 3. The number of rotatable bonds is 62. The minimum Gasteiger partial charge on any atom is -0.466 e. The molecule has 482 valence electrons. The molecule has 1 heterocycles. The summed E-state index contributed by atoms with van der Waals surface area (Å²) in [5.41, 5.74) is 0. The number of carbonyl (C=O) groups excluding carboxylic acids is 2. The van der Waals surface area contributed by atoms with Crippen LogP contribution >= 0.6 is 0 Å². The largest absolute Gasteiger partial charge is 0.466 e. The maximum absolute atomic E-state index is 13.1. The van der Waals surface area contributed by atoms with Crippen molar-refractivity contribution in [3.8, 4) is 0 Å². The maximum atomic E-state index is 13.1. The van der Waals surface area contributed by atoms with Gasteiger partial charge in [0.25, 0.3) is 0 Å². The molecule has 0 aliphatic carbocycles. The fourth-order valence-corrected chi connectivity index (χ4v) is 11.2. The number of unbranched alkanes of at least 4 members (excludes halogenated alkanes) is 44. The predicted octanol–water partition coefficient (Wildman–Crippen LogP) is 17.8. The topological polar surface area (TPSA) is 175 Å². The lowest BCUT2D eigenvalue weighted by Crippen LogP contribution is -2.60. The first kappa shape index (κ1) is 77.9. The van der Waals surface area contributed by atoms with Crippen molar-refractivity contribution < 1.29 is 49.3 Å². The highest BCUT2D eigenvalue weighted by Gasteiger charge is 2.44. The molecule has 0 bridgehead atoms. The summed E-state index contributed by atoms with van der Waals surface area (Å²) in [6.07, 6.45) is 67.1. The molecule has 0 aromatic rings. The summed E-state index contributed by atoms with van der Waals surface area (Å²) in [5.74, 6) is -0.181. The van der Waals surface area contributed by atoms with E-state index in [1.165, 1.54) is 250 Å². The first-order chi connectivity index (χ1) is 40.2. The molecule has 0 aromatic heterocycles. The molecule has 0 saturated carbocycles. The maximum Gasteiger partial charge on any atom is 0.305 e. The fourth-order valence-electron chi connectivity index (χ4n) is 11.2. The van der Waals surface area contributed by atoms with Crippen molar-refractivity contribution in [3.05, 3.63) is 36.5 Å². The van der Waals surface area contributed by atoms with E-state index in [4.69, 9.17) is 14.2 Å². The van der Waals surface area contributed by atoms with E-state index in [0.717, 1.165) is 64.2 Å². The quantitative estimate of drug-likeness (QED) is 0.0195. The third-order valence-corrected chi connectivity index (χ3v) is 16.7. The summed E-state index contributed by atoms with van der Waals surface area (Å²) >= 11 is 0. The van der Waals surface area contributed by atoms with Crippen LogP contribution < -0.4 is 5.32 Å². The molecule has 11 nitrogen and oxygen atoms in total. The van der Waals surface area contributed by atoms with Gasteiger partial charge in [-0.05, 0) is 57.8 Å². The van der Waals surface area contributed by atoms with Crippen LogP contribution in [0.3, 0.4) is 0 Å². The Hall–Kier alpha value is -2.12. The lowest BCUT2D eigenvalue weighted by atomic mass is 9.99. The molecule has 7 atom stereocenters. The van der Waals surface area contributed by atoms with Crippen LogP contribution in [-0.2, 0) is 23.8 Å². The molecule has 1 saturated heterocycles. The van der Waals surface area contributed by atoms with Gasteiger partial charge >= 0.3 is 5.97 Å². The number of esters is 1. The Morgan fingerprint density at radius 1 is 0.439 bits per heavy atom. The van der Waals surface area contributed by atoms with Crippen molar-refractivity contribution in [2.45, 2.75) is 384 Å².